The van der Waals surface area contributed by atoms with Gasteiger partial charge in [-0.25, -0.2) is 9.37 Å². The van der Waals surface area contributed by atoms with Gasteiger partial charge in [0.25, 0.3) is 5.91 Å². The summed E-state index contributed by atoms with van der Waals surface area (Å²) in [6.45, 7) is 3.64. The van der Waals surface area contributed by atoms with E-state index in [0.29, 0.717) is 22.4 Å². The lowest BCUT2D eigenvalue weighted by atomic mass is 10.0. The number of benzene rings is 2. The van der Waals surface area contributed by atoms with E-state index in [1.54, 1.807) is 25.3 Å². The van der Waals surface area contributed by atoms with Crippen molar-refractivity contribution in [2.24, 2.45) is 0 Å². The van der Waals surface area contributed by atoms with Gasteiger partial charge < -0.3 is 20.7 Å². The van der Waals surface area contributed by atoms with E-state index in [2.05, 4.69) is 22.2 Å². The Balaban J connectivity index is 1.54. The van der Waals surface area contributed by atoms with E-state index >= 15 is 0 Å². The van der Waals surface area contributed by atoms with Gasteiger partial charge in [-0.05, 0) is 75.8 Å². The fourth-order valence-corrected chi connectivity index (χ4v) is 4.81. The predicted molar refractivity (Wildman–Crippen MR) is 138 cm³/mol. The lowest BCUT2D eigenvalue weighted by molar-refractivity contribution is 0.0917. The number of carbonyl (C=O) groups excluding carboxylic acids is 1. The number of nitrogens with one attached hydrogen (secondary N) is 1. The summed E-state index contributed by atoms with van der Waals surface area (Å²) in [4.78, 5) is 19.4. The molecule has 35 heavy (non-hydrogen) atoms. The van der Waals surface area contributed by atoms with Gasteiger partial charge in [-0.2, -0.15) is 0 Å². The molecule has 3 N–H and O–H groups in total. The predicted octanol–water partition coefficient (Wildman–Crippen LogP) is 5.74. The van der Waals surface area contributed by atoms with Crippen molar-refractivity contribution in [3.8, 4) is 16.9 Å². The van der Waals surface area contributed by atoms with E-state index < -0.39 is 11.9 Å². The van der Waals surface area contributed by atoms with Gasteiger partial charge in [0.05, 0.1) is 5.02 Å². The third-order valence-corrected chi connectivity index (χ3v) is 6.90. The molecule has 1 amide bonds. The van der Waals surface area contributed by atoms with Gasteiger partial charge in [-0.3, -0.25) is 4.79 Å². The number of likely N-dealkylation sites (tertiary alicyclic amines) is 1. The summed E-state index contributed by atoms with van der Waals surface area (Å²) in [7, 11) is 2.09. The van der Waals surface area contributed by atoms with Crippen LogP contribution in [0.5, 0.6) is 5.75 Å². The highest BCUT2D eigenvalue weighted by molar-refractivity contribution is 6.36. The molecule has 1 aliphatic heterocycles. The van der Waals surface area contributed by atoms with Gasteiger partial charge in [0.2, 0.25) is 0 Å². The molecule has 1 aromatic heterocycles. The number of ether oxygens (including phenoxy) is 1. The Hall–Kier alpha value is -2.87. The fourth-order valence-electron chi connectivity index (χ4n) is 4.13. The third kappa shape index (κ3) is 5.86. The normalized spacial score (nSPS) is 15.6. The summed E-state index contributed by atoms with van der Waals surface area (Å²) < 4.78 is 20.0. The van der Waals surface area contributed by atoms with E-state index in [0.717, 1.165) is 31.5 Å². The number of piperidine rings is 1. The molecule has 2 heterocycles. The average Bonchev–Trinajstić information content (AvgIpc) is 2.84. The Morgan fingerprint density at radius 1 is 1.20 bits per heavy atom. The molecular weight excluding hydrogens is 490 g/mol. The van der Waals surface area contributed by atoms with Crippen molar-refractivity contribution in [1.82, 2.24) is 15.2 Å². The van der Waals surface area contributed by atoms with Crippen molar-refractivity contribution < 1.29 is 13.9 Å². The number of pyridine rings is 1. The van der Waals surface area contributed by atoms with Crippen LogP contribution in [0.3, 0.4) is 0 Å². The zero-order valence-corrected chi connectivity index (χ0v) is 21.0. The molecular formula is C26H27Cl2FN4O2. The van der Waals surface area contributed by atoms with Crippen LogP contribution >= 0.6 is 23.2 Å². The second-order valence-corrected chi connectivity index (χ2v) is 9.54. The summed E-state index contributed by atoms with van der Waals surface area (Å²) in [5.41, 5.74) is 8.44. The summed E-state index contributed by atoms with van der Waals surface area (Å²) >= 11 is 12.4. The van der Waals surface area contributed by atoms with Crippen LogP contribution < -0.4 is 15.8 Å². The second kappa shape index (κ2) is 10.8. The van der Waals surface area contributed by atoms with Crippen LogP contribution in [0.15, 0.2) is 48.7 Å². The zero-order valence-electron chi connectivity index (χ0n) is 19.5. The van der Waals surface area contributed by atoms with Crippen molar-refractivity contribution in [3.05, 3.63) is 75.7 Å². The maximum absolute atomic E-state index is 14.0. The molecule has 1 atom stereocenters. The summed E-state index contributed by atoms with van der Waals surface area (Å²) in [6, 6.07) is 11.8. The third-order valence-electron chi connectivity index (χ3n) is 6.18. The molecule has 0 radical (unpaired) electrons. The molecule has 1 saturated heterocycles. The van der Waals surface area contributed by atoms with Crippen LogP contribution in [0.4, 0.5) is 10.2 Å². The average molecular weight is 517 g/mol. The van der Waals surface area contributed by atoms with Crippen LogP contribution in [0.2, 0.25) is 10.0 Å². The fraction of sp³-hybridized carbons (Fsp3) is 0.308. The Kier molecular flexibility index (Phi) is 7.79. The van der Waals surface area contributed by atoms with Crippen molar-refractivity contribution in [2.75, 3.05) is 25.9 Å². The molecule has 1 fully saturated rings. The number of halogens is 3. The number of hydrogen-bond acceptors (Lipinski definition) is 5. The number of anilines is 1. The number of rotatable bonds is 6. The summed E-state index contributed by atoms with van der Waals surface area (Å²) in [5.74, 6) is -0.227. The van der Waals surface area contributed by atoms with E-state index in [9.17, 15) is 9.18 Å². The minimum absolute atomic E-state index is 0.101. The monoisotopic (exact) mass is 516 g/mol. The van der Waals surface area contributed by atoms with Gasteiger partial charge >= 0.3 is 0 Å². The molecule has 2 aromatic carbocycles. The lowest BCUT2D eigenvalue weighted by Crippen LogP contribution is -2.43. The highest BCUT2D eigenvalue weighted by atomic mass is 35.5. The minimum Gasteiger partial charge on any atom is -0.482 e. The Morgan fingerprint density at radius 2 is 1.94 bits per heavy atom. The maximum atomic E-state index is 14.0. The number of amides is 1. The number of aromatic nitrogens is 1. The van der Waals surface area contributed by atoms with Gasteiger partial charge in [0.1, 0.15) is 11.9 Å². The molecule has 9 heteroatoms. The van der Waals surface area contributed by atoms with Crippen LogP contribution in [-0.4, -0.2) is 42.0 Å². The van der Waals surface area contributed by atoms with Gasteiger partial charge in [-0.15, -0.1) is 0 Å². The SMILES string of the molecule is CC(Oc1cc(-c2cccc(C(=O)NC3CCN(C)CC3)c2)cnc1N)c1c(Cl)ccc(F)c1Cl. The molecule has 0 aliphatic carbocycles. The molecule has 1 unspecified atom stereocenters. The Bertz CT molecular complexity index is 1230. The molecule has 184 valence electrons. The summed E-state index contributed by atoms with van der Waals surface area (Å²) in [5, 5.41) is 3.32. The molecule has 3 aromatic rings. The number of hydrogen-bond donors (Lipinski definition) is 2. The standard InChI is InChI=1S/C26H27Cl2FN4O2/c1-15(23-20(27)6-7-21(29)24(23)28)35-22-13-18(14-31-25(22)30)16-4-3-5-17(12-16)26(34)32-19-8-10-33(2)11-9-19/h3-7,12-15,19H,8-11H2,1-2H3,(H2,30,31)(H,32,34). The number of carbonyl (C=O) groups is 1. The highest BCUT2D eigenvalue weighted by Crippen LogP contribution is 2.37. The highest BCUT2D eigenvalue weighted by Gasteiger charge is 2.21. The Labute approximate surface area is 214 Å². The molecule has 0 bridgehead atoms. The lowest BCUT2D eigenvalue weighted by Gasteiger charge is -2.29. The van der Waals surface area contributed by atoms with E-state index in [1.807, 2.05) is 18.2 Å². The van der Waals surface area contributed by atoms with Crippen LogP contribution in [-0.2, 0) is 0 Å². The van der Waals surface area contributed by atoms with Crippen LogP contribution in [0, 0.1) is 5.82 Å². The minimum atomic E-state index is -0.684. The number of nitrogen functional groups attached to an aromatic ring is 1. The first-order valence-electron chi connectivity index (χ1n) is 11.4. The molecule has 1 aliphatic rings. The van der Waals surface area contributed by atoms with E-state index in [1.165, 1.54) is 12.1 Å². The molecule has 0 spiro atoms. The van der Waals surface area contributed by atoms with Crippen molar-refractivity contribution >= 4 is 34.9 Å². The number of nitrogens with zero attached hydrogens (tertiary/aromatic N) is 2. The topological polar surface area (TPSA) is 80.5 Å². The van der Waals surface area contributed by atoms with Crippen LogP contribution in [0.1, 0.15) is 41.8 Å². The first-order chi connectivity index (χ1) is 16.7. The summed E-state index contributed by atoms with van der Waals surface area (Å²) in [6.07, 6.45) is 2.80. The van der Waals surface area contributed by atoms with Crippen molar-refractivity contribution in [1.29, 1.82) is 0 Å². The van der Waals surface area contributed by atoms with Crippen molar-refractivity contribution in [3.63, 3.8) is 0 Å². The molecule has 6 nitrogen and oxygen atoms in total. The second-order valence-electron chi connectivity index (χ2n) is 8.76. The smallest absolute Gasteiger partial charge is 0.251 e. The number of nitrogens with two attached hydrogens (primary N) is 1. The van der Waals surface area contributed by atoms with Crippen LogP contribution in [0.25, 0.3) is 11.1 Å². The molecule has 0 saturated carbocycles. The first-order valence-corrected chi connectivity index (χ1v) is 12.1. The van der Waals surface area contributed by atoms with Crippen molar-refractivity contribution in [2.45, 2.75) is 31.9 Å². The van der Waals surface area contributed by atoms with Gasteiger partial charge in [0, 0.05) is 34.0 Å². The first kappa shape index (κ1) is 25.2. The van der Waals surface area contributed by atoms with E-state index in [-0.39, 0.29) is 27.8 Å². The van der Waals surface area contributed by atoms with E-state index in [4.69, 9.17) is 33.7 Å². The zero-order chi connectivity index (χ0) is 25.1. The van der Waals surface area contributed by atoms with Gasteiger partial charge in [0.15, 0.2) is 11.6 Å². The molecule has 4 rings (SSSR count). The quantitative estimate of drug-likeness (QED) is 0.408. The largest absolute Gasteiger partial charge is 0.482 e. The maximum Gasteiger partial charge on any atom is 0.251 e. The Morgan fingerprint density at radius 3 is 2.69 bits per heavy atom. The van der Waals surface area contributed by atoms with Gasteiger partial charge in [-0.1, -0.05) is 35.3 Å².